The molecule has 4 nitrogen and oxygen atoms in total. The first kappa shape index (κ1) is 13.3. The van der Waals surface area contributed by atoms with Crippen molar-refractivity contribution >= 4 is 24.0 Å². The maximum Gasteiger partial charge on any atom is 0.227 e. The topological polar surface area (TPSA) is 51.0 Å². The van der Waals surface area contributed by atoms with Crippen molar-refractivity contribution in [3.8, 4) is 11.4 Å². The lowest BCUT2D eigenvalue weighted by atomic mass is 10.00. The zero-order chi connectivity index (χ0) is 11.7. The lowest BCUT2D eigenvalue weighted by Gasteiger charge is -2.25. The van der Waals surface area contributed by atoms with Crippen LogP contribution in [0.5, 0.6) is 0 Å². The Labute approximate surface area is 116 Å². The highest BCUT2D eigenvalue weighted by Gasteiger charge is 2.20. The predicted molar refractivity (Wildman–Crippen MR) is 72.1 cm³/mol. The smallest absolute Gasteiger partial charge is 0.227 e. The molecular formula is C12H13Cl2N3O. The normalized spacial score (nSPS) is 14.9. The van der Waals surface area contributed by atoms with Crippen LogP contribution < -0.4 is 5.32 Å². The maximum absolute atomic E-state index is 6.08. The quantitative estimate of drug-likeness (QED) is 0.942. The minimum absolute atomic E-state index is 0. The average Bonchev–Trinajstić information content (AvgIpc) is 2.73. The number of hydrogen-bond acceptors (Lipinski definition) is 4. The summed E-state index contributed by atoms with van der Waals surface area (Å²) in [4.78, 5) is 4.37. The fourth-order valence-electron chi connectivity index (χ4n) is 1.83. The van der Waals surface area contributed by atoms with Crippen LogP contribution in [0, 0.1) is 5.92 Å². The third-order valence-electron chi connectivity index (χ3n) is 2.91. The Balaban J connectivity index is 0.00000120. The molecule has 1 fully saturated rings. The highest BCUT2D eigenvalue weighted by atomic mass is 35.5. The van der Waals surface area contributed by atoms with Crippen molar-refractivity contribution in [2.24, 2.45) is 5.92 Å². The van der Waals surface area contributed by atoms with E-state index >= 15 is 0 Å². The second-order valence-corrected chi connectivity index (χ2v) is 4.63. The summed E-state index contributed by atoms with van der Waals surface area (Å²) >= 11 is 6.08. The van der Waals surface area contributed by atoms with Crippen molar-refractivity contribution in [3.63, 3.8) is 0 Å². The van der Waals surface area contributed by atoms with Gasteiger partial charge in [0.2, 0.25) is 11.7 Å². The molecule has 1 aliphatic heterocycles. The molecule has 1 aliphatic rings. The third-order valence-corrected chi connectivity index (χ3v) is 3.24. The van der Waals surface area contributed by atoms with E-state index in [1.54, 1.807) is 0 Å². The Bertz CT molecular complexity index is 526. The van der Waals surface area contributed by atoms with Crippen molar-refractivity contribution in [3.05, 3.63) is 35.2 Å². The van der Waals surface area contributed by atoms with Crippen LogP contribution in [-0.2, 0) is 6.42 Å². The van der Waals surface area contributed by atoms with E-state index < -0.39 is 0 Å². The first-order valence-electron chi connectivity index (χ1n) is 5.61. The molecule has 1 aromatic carbocycles. The van der Waals surface area contributed by atoms with Crippen molar-refractivity contribution in [1.82, 2.24) is 15.5 Å². The average molecular weight is 286 g/mol. The van der Waals surface area contributed by atoms with Gasteiger partial charge in [0.15, 0.2) is 0 Å². The van der Waals surface area contributed by atoms with Gasteiger partial charge in [-0.1, -0.05) is 28.9 Å². The molecule has 96 valence electrons. The molecule has 1 saturated heterocycles. The molecule has 0 atom stereocenters. The third kappa shape index (κ3) is 2.66. The Morgan fingerprint density at radius 3 is 2.78 bits per heavy atom. The van der Waals surface area contributed by atoms with Crippen LogP contribution in [0.25, 0.3) is 11.4 Å². The summed E-state index contributed by atoms with van der Waals surface area (Å²) in [5, 5.41) is 7.83. The lowest BCUT2D eigenvalue weighted by Crippen LogP contribution is -2.43. The van der Waals surface area contributed by atoms with Crippen LogP contribution in [-0.4, -0.2) is 23.2 Å². The number of halogens is 2. The van der Waals surface area contributed by atoms with Crippen molar-refractivity contribution in [2.75, 3.05) is 13.1 Å². The van der Waals surface area contributed by atoms with E-state index in [1.165, 1.54) is 0 Å². The van der Waals surface area contributed by atoms with Gasteiger partial charge in [0.1, 0.15) is 0 Å². The summed E-state index contributed by atoms with van der Waals surface area (Å²) < 4.78 is 5.23. The van der Waals surface area contributed by atoms with Gasteiger partial charge in [0, 0.05) is 12.0 Å². The minimum Gasteiger partial charge on any atom is -0.339 e. The summed E-state index contributed by atoms with van der Waals surface area (Å²) in [6, 6.07) is 7.50. The van der Waals surface area contributed by atoms with E-state index in [0.717, 1.165) is 25.1 Å². The van der Waals surface area contributed by atoms with Gasteiger partial charge in [0.05, 0.1) is 5.02 Å². The van der Waals surface area contributed by atoms with Gasteiger partial charge in [-0.05, 0) is 31.1 Å². The minimum atomic E-state index is 0. The van der Waals surface area contributed by atoms with E-state index in [4.69, 9.17) is 16.1 Å². The van der Waals surface area contributed by atoms with Crippen molar-refractivity contribution in [2.45, 2.75) is 6.42 Å². The van der Waals surface area contributed by atoms with Gasteiger partial charge in [-0.15, -0.1) is 12.4 Å². The summed E-state index contributed by atoms with van der Waals surface area (Å²) in [6.07, 6.45) is 0.838. The Hall–Kier alpha value is -1.10. The van der Waals surface area contributed by atoms with Gasteiger partial charge in [-0.3, -0.25) is 0 Å². The largest absolute Gasteiger partial charge is 0.339 e. The van der Waals surface area contributed by atoms with E-state index in [2.05, 4.69) is 15.5 Å². The second-order valence-electron chi connectivity index (χ2n) is 4.22. The molecule has 0 unspecified atom stereocenters. The molecule has 0 aliphatic carbocycles. The molecule has 0 saturated carbocycles. The highest BCUT2D eigenvalue weighted by Crippen LogP contribution is 2.25. The van der Waals surface area contributed by atoms with Gasteiger partial charge in [-0.2, -0.15) is 4.98 Å². The highest BCUT2D eigenvalue weighted by molar-refractivity contribution is 6.33. The fourth-order valence-corrected chi connectivity index (χ4v) is 2.05. The SMILES string of the molecule is Cl.Clc1ccccc1-c1noc(CC2CNC2)n1. The Morgan fingerprint density at radius 2 is 2.11 bits per heavy atom. The van der Waals surface area contributed by atoms with Gasteiger partial charge < -0.3 is 9.84 Å². The van der Waals surface area contributed by atoms with Crippen LogP contribution in [0.1, 0.15) is 5.89 Å². The molecule has 2 aromatic rings. The molecule has 6 heteroatoms. The zero-order valence-corrected chi connectivity index (χ0v) is 11.2. The fraction of sp³-hybridized carbons (Fsp3) is 0.333. The summed E-state index contributed by atoms with van der Waals surface area (Å²) in [7, 11) is 0. The van der Waals surface area contributed by atoms with E-state index in [9.17, 15) is 0 Å². The number of hydrogen-bond donors (Lipinski definition) is 1. The first-order valence-corrected chi connectivity index (χ1v) is 5.99. The molecule has 2 heterocycles. The molecule has 0 spiro atoms. The van der Waals surface area contributed by atoms with Crippen LogP contribution in [0.2, 0.25) is 5.02 Å². The number of benzene rings is 1. The van der Waals surface area contributed by atoms with Crippen molar-refractivity contribution < 1.29 is 4.52 Å². The maximum atomic E-state index is 6.08. The number of aromatic nitrogens is 2. The van der Waals surface area contributed by atoms with Crippen LogP contribution in [0.3, 0.4) is 0 Å². The lowest BCUT2D eigenvalue weighted by molar-refractivity contribution is 0.296. The molecule has 3 rings (SSSR count). The second kappa shape index (κ2) is 5.69. The van der Waals surface area contributed by atoms with E-state index in [0.29, 0.717) is 22.7 Å². The summed E-state index contributed by atoms with van der Waals surface area (Å²) in [5.74, 6) is 1.87. The molecule has 0 amide bonds. The van der Waals surface area contributed by atoms with Gasteiger partial charge in [0.25, 0.3) is 0 Å². The molecular weight excluding hydrogens is 273 g/mol. The molecule has 0 radical (unpaired) electrons. The summed E-state index contributed by atoms with van der Waals surface area (Å²) in [5.41, 5.74) is 0.816. The Morgan fingerprint density at radius 1 is 1.33 bits per heavy atom. The van der Waals surface area contributed by atoms with Crippen molar-refractivity contribution in [1.29, 1.82) is 0 Å². The first-order chi connectivity index (χ1) is 8.33. The monoisotopic (exact) mass is 285 g/mol. The predicted octanol–water partition coefficient (Wildman–Crippen LogP) is 2.57. The number of rotatable bonds is 3. The van der Waals surface area contributed by atoms with E-state index in [-0.39, 0.29) is 12.4 Å². The molecule has 1 aromatic heterocycles. The van der Waals surface area contributed by atoms with Crippen LogP contribution >= 0.6 is 24.0 Å². The van der Waals surface area contributed by atoms with E-state index in [1.807, 2.05) is 24.3 Å². The standard InChI is InChI=1S/C12H12ClN3O.ClH/c13-10-4-2-1-3-9(10)12-15-11(17-16-12)5-8-6-14-7-8;/h1-4,8,14H,5-7H2;1H. The zero-order valence-electron chi connectivity index (χ0n) is 9.60. The molecule has 1 N–H and O–H groups in total. The van der Waals surface area contributed by atoms with Crippen LogP contribution in [0.15, 0.2) is 28.8 Å². The van der Waals surface area contributed by atoms with Gasteiger partial charge >= 0.3 is 0 Å². The molecule has 0 bridgehead atoms. The number of nitrogens with zero attached hydrogens (tertiary/aromatic N) is 2. The molecule has 18 heavy (non-hydrogen) atoms. The summed E-state index contributed by atoms with van der Waals surface area (Å²) in [6.45, 7) is 2.06. The van der Waals surface area contributed by atoms with Crippen LogP contribution in [0.4, 0.5) is 0 Å². The van der Waals surface area contributed by atoms with Gasteiger partial charge in [-0.25, -0.2) is 0 Å². The Kier molecular flexibility index (Phi) is 4.22. The number of nitrogens with one attached hydrogen (secondary N) is 1.